The number of hydrogen-bond donors (Lipinski definition) is 0. The molecule has 3 atom stereocenters. The molecule has 31 heavy (non-hydrogen) atoms. The Bertz CT molecular complexity index is 911. The molecule has 2 aliphatic heterocycles. The summed E-state index contributed by atoms with van der Waals surface area (Å²) in [5, 5.41) is 0. The molecule has 3 aliphatic rings. The van der Waals surface area contributed by atoms with Crippen molar-refractivity contribution >= 4 is 17.8 Å². The summed E-state index contributed by atoms with van der Waals surface area (Å²) in [6, 6.07) is 9.58. The summed E-state index contributed by atoms with van der Waals surface area (Å²) in [4.78, 5) is 43.4. The van der Waals surface area contributed by atoms with Gasteiger partial charge in [-0.25, -0.2) is 4.79 Å². The highest BCUT2D eigenvalue weighted by molar-refractivity contribution is 6.02. The summed E-state index contributed by atoms with van der Waals surface area (Å²) in [5.41, 5.74) is -0.390. The van der Waals surface area contributed by atoms with Crippen molar-refractivity contribution in [3.63, 3.8) is 0 Å². The highest BCUT2D eigenvalue weighted by Gasteiger charge is 2.71. The molecule has 3 fully saturated rings. The number of esters is 1. The molecule has 1 aliphatic carbocycles. The molecule has 2 saturated heterocycles. The monoisotopic (exact) mass is 424 g/mol. The molecule has 0 radical (unpaired) electrons. The number of carbonyl (C=O) groups is 3. The van der Waals surface area contributed by atoms with Gasteiger partial charge in [-0.2, -0.15) is 0 Å². The van der Waals surface area contributed by atoms with Crippen molar-refractivity contribution in [2.45, 2.75) is 64.1 Å². The number of nitrogens with zero attached hydrogens (tertiary/aromatic N) is 2. The van der Waals surface area contributed by atoms with E-state index in [0.29, 0.717) is 37.9 Å². The molecule has 0 bridgehead atoms. The van der Waals surface area contributed by atoms with Crippen LogP contribution in [0.2, 0.25) is 0 Å². The van der Waals surface area contributed by atoms with Crippen LogP contribution in [-0.2, 0) is 25.7 Å². The number of benzene rings is 1. The van der Waals surface area contributed by atoms with E-state index in [0.717, 1.165) is 12.0 Å². The molecule has 1 unspecified atom stereocenters. The lowest BCUT2D eigenvalue weighted by Crippen LogP contribution is -2.56. The maximum Gasteiger partial charge on any atom is 0.332 e. The first-order valence-corrected chi connectivity index (χ1v) is 11.2. The van der Waals surface area contributed by atoms with E-state index in [9.17, 15) is 14.4 Å². The van der Waals surface area contributed by atoms with Crippen LogP contribution in [0.1, 0.15) is 52.0 Å². The predicted molar refractivity (Wildman–Crippen MR) is 117 cm³/mol. The Morgan fingerprint density at radius 2 is 1.90 bits per heavy atom. The molecule has 2 heterocycles. The summed E-state index contributed by atoms with van der Waals surface area (Å²) < 4.78 is 5.73. The van der Waals surface area contributed by atoms with E-state index in [4.69, 9.17) is 4.74 Å². The van der Waals surface area contributed by atoms with Gasteiger partial charge in [0.25, 0.3) is 0 Å². The Labute approximate surface area is 184 Å². The maximum atomic E-state index is 13.8. The lowest BCUT2D eigenvalue weighted by atomic mass is 9.93. The summed E-state index contributed by atoms with van der Waals surface area (Å²) >= 11 is 0. The molecule has 1 spiro atoms. The quantitative estimate of drug-likeness (QED) is 0.519. The van der Waals surface area contributed by atoms with Crippen LogP contribution in [0, 0.1) is 11.8 Å². The van der Waals surface area contributed by atoms with Crippen LogP contribution in [0.15, 0.2) is 42.5 Å². The number of likely N-dealkylation sites (tertiary alicyclic amines) is 2. The molecule has 6 heteroatoms. The first kappa shape index (κ1) is 21.6. The van der Waals surface area contributed by atoms with Gasteiger partial charge in [0.15, 0.2) is 0 Å². The molecule has 166 valence electrons. The SMILES string of the molecule is C=C(C)C(=O)N1CCC[C@]12CCN(C1(C(=O)OCc3ccccc3)C[C@@H]1C(C)C)C2=O. The zero-order chi connectivity index (χ0) is 22.4. The van der Waals surface area contributed by atoms with Crippen molar-refractivity contribution in [1.82, 2.24) is 9.80 Å². The first-order chi connectivity index (χ1) is 14.7. The average molecular weight is 425 g/mol. The van der Waals surface area contributed by atoms with Crippen LogP contribution in [0.25, 0.3) is 0 Å². The minimum absolute atomic E-state index is 0.0709. The third-order valence-corrected chi connectivity index (χ3v) is 7.33. The largest absolute Gasteiger partial charge is 0.459 e. The van der Waals surface area contributed by atoms with Gasteiger partial charge in [-0.1, -0.05) is 50.8 Å². The third kappa shape index (κ3) is 3.36. The summed E-state index contributed by atoms with van der Waals surface area (Å²) in [7, 11) is 0. The Hall–Kier alpha value is -2.63. The molecule has 1 aromatic rings. The van der Waals surface area contributed by atoms with Crippen molar-refractivity contribution < 1.29 is 19.1 Å². The van der Waals surface area contributed by atoms with Crippen LogP contribution in [0.4, 0.5) is 0 Å². The minimum atomic E-state index is -0.913. The van der Waals surface area contributed by atoms with Gasteiger partial charge in [-0.05, 0) is 50.0 Å². The standard InChI is InChI=1S/C25H32N2O4/c1-17(2)20-15-25(20,23(30)31-16-19-9-6-5-7-10-19)27-14-12-24(22(27)29)11-8-13-26(24)21(28)18(3)4/h5-7,9-10,17,20H,3,8,11-16H2,1-2,4H3/t20-,24-,25?/m1/s1. The fourth-order valence-corrected chi connectivity index (χ4v) is 5.59. The normalized spacial score (nSPS) is 29.7. The number of amides is 2. The van der Waals surface area contributed by atoms with E-state index in [1.807, 2.05) is 30.3 Å². The van der Waals surface area contributed by atoms with Crippen molar-refractivity contribution in [3.8, 4) is 0 Å². The molecule has 2 amide bonds. The van der Waals surface area contributed by atoms with E-state index in [-0.39, 0.29) is 36.2 Å². The van der Waals surface area contributed by atoms with Gasteiger partial charge in [0, 0.05) is 18.7 Å². The van der Waals surface area contributed by atoms with Crippen LogP contribution >= 0.6 is 0 Å². The Kier molecular flexibility index (Phi) is 5.44. The molecule has 0 aromatic heterocycles. The molecule has 4 rings (SSSR count). The number of ether oxygens (including phenoxy) is 1. The van der Waals surface area contributed by atoms with Crippen LogP contribution in [0.3, 0.4) is 0 Å². The van der Waals surface area contributed by atoms with Gasteiger partial charge < -0.3 is 14.5 Å². The smallest absolute Gasteiger partial charge is 0.332 e. The zero-order valence-corrected chi connectivity index (χ0v) is 18.7. The number of rotatable bonds is 6. The van der Waals surface area contributed by atoms with Gasteiger partial charge in [-0.3, -0.25) is 9.59 Å². The summed E-state index contributed by atoms with van der Waals surface area (Å²) in [5.74, 6) is -0.257. The van der Waals surface area contributed by atoms with E-state index < -0.39 is 11.1 Å². The molecule has 1 saturated carbocycles. The van der Waals surface area contributed by atoms with Gasteiger partial charge in [-0.15, -0.1) is 0 Å². The van der Waals surface area contributed by atoms with Crippen LogP contribution in [0.5, 0.6) is 0 Å². The molecule has 6 nitrogen and oxygen atoms in total. The maximum absolute atomic E-state index is 13.8. The molecular weight excluding hydrogens is 392 g/mol. The topological polar surface area (TPSA) is 66.9 Å². The van der Waals surface area contributed by atoms with E-state index in [2.05, 4.69) is 20.4 Å². The number of hydrogen-bond acceptors (Lipinski definition) is 4. The van der Waals surface area contributed by atoms with Crippen molar-refractivity contribution in [2.75, 3.05) is 13.1 Å². The van der Waals surface area contributed by atoms with E-state index in [1.165, 1.54) is 0 Å². The lowest BCUT2D eigenvalue weighted by molar-refractivity contribution is -0.160. The fourth-order valence-electron chi connectivity index (χ4n) is 5.59. The average Bonchev–Trinajstić information content (AvgIpc) is 3.24. The van der Waals surface area contributed by atoms with Gasteiger partial charge >= 0.3 is 5.97 Å². The van der Waals surface area contributed by atoms with Gasteiger partial charge in [0.2, 0.25) is 11.8 Å². The Morgan fingerprint density at radius 3 is 2.52 bits per heavy atom. The second kappa shape index (κ2) is 7.81. The first-order valence-electron chi connectivity index (χ1n) is 11.2. The van der Waals surface area contributed by atoms with E-state index in [1.54, 1.807) is 16.7 Å². The van der Waals surface area contributed by atoms with E-state index >= 15 is 0 Å². The van der Waals surface area contributed by atoms with Crippen molar-refractivity contribution in [3.05, 3.63) is 48.0 Å². The minimum Gasteiger partial charge on any atom is -0.459 e. The number of carbonyl (C=O) groups excluding carboxylic acids is 3. The van der Waals surface area contributed by atoms with Gasteiger partial charge in [0.1, 0.15) is 17.7 Å². The van der Waals surface area contributed by atoms with Crippen molar-refractivity contribution in [1.29, 1.82) is 0 Å². The fraction of sp³-hybridized carbons (Fsp3) is 0.560. The van der Waals surface area contributed by atoms with Crippen molar-refractivity contribution in [2.24, 2.45) is 11.8 Å². The lowest BCUT2D eigenvalue weighted by Gasteiger charge is -2.35. The van der Waals surface area contributed by atoms with Gasteiger partial charge in [0.05, 0.1) is 0 Å². The second-order valence-electron chi connectivity index (χ2n) is 9.62. The highest BCUT2D eigenvalue weighted by Crippen LogP contribution is 2.57. The summed E-state index contributed by atoms with van der Waals surface area (Å²) in [6.45, 7) is 10.9. The highest BCUT2D eigenvalue weighted by atomic mass is 16.5. The Balaban J connectivity index is 1.58. The zero-order valence-electron chi connectivity index (χ0n) is 18.7. The van der Waals surface area contributed by atoms with Crippen LogP contribution < -0.4 is 0 Å². The second-order valence-corrected chi connectivity index (χ2v) is 9.62. The third-order valence-electron chi connectivity index (χ3n) is 7.33. The molecular formula is C25H32N2O4. The molecule has 1 aromatic carbocycles. The molecule has 0 N–H and O–H groups in total. The predicted octanol–water partition coefficient (Wildman–Crippen LogP) is 3.31. The summed E-state index contributed by atoms with van der Waals surface area (Å²) in [6.07, 6.45) is 2.61. The Morgan fingerprint density at radius 1 is 1.19 bits per heavy atom. The van der Waals surface area contributed by atoms with Crippen LogP contribution in [-0.4, -0.2) is 51.8 Å².